The Hall–Kier alpha value is -3.70. The van der Waals surface area contributed by atoms with E-state index < -0.39 is 33.6 Å². The van der Waals surface area contributed by atoms with Crippen molar-refractivity contribution in [3.05, 3.63) is 89.5 Å². The molecule has 11 heteroatoms. The molecule has 0 atom stereocenters. The van der Waals surface area contributed by atoms with E-state index in [1.165, 1.54) is 74.8 Å². The second kappa shape index (κ2) is 9.65. The van der Waals surface area contributed by atoms with Gasteiger partial charge in [-0.05, 0) is 54.6 Å². The molecule has 178 valence electrons. The first kappa shape index (κ1) is 24.9. The average Bonchev–Trinajstić information content (AvgIpc) is 2.79. The molecule has 0 aliphatic rings. The van der Waals surface area contributed by atoms with Crippen molar-refractivity contribution in [2.45, 2.75) is 11.1 Å². The molecule has 3 rings (SSSR count). The average molecular weight is 491 g/mol. The fourth-order valence-electron chi connectivity index (χ4n) is 2.93. The molecular formula is C23H20F3N3O4S. The summed E-state index contributed by atoms with van der Waals surface area (Å²) in [5.41, 5.74) is -0.513. The molecule has 0 saturated carbocycles. The van der Waals surface area contributed by atoms with Crippen LogP contribution in [0.2, 0.25) is 0 Å². The molecule has 0 aliphatic heterocycles. The molecule has 3 aromatic rings. The van der Waals surface area contributed by atoms with Crippen LogP contribution in [0.5, 0.6) is 0 Å². The number of hydrogen-bond donors (Lipinski definition) is 2. The number of benzene rings is 3. The van der Waals surface area contributed by atoms with E-state index in [-0.39, 0.29) is 27.4 Å². The van der Waals surface area contributed by atoms with Gasteiger partial charge >= 0.3 is 6.18 Å². The summed E-state index contributed by atoms with van der Waals surface area (Å²) in [5, 5.41) is 4.97. The quantitative estimate of drug-likeness (QED) is 0.532. The summed E-state index contributed by atoms with van der Waals surface area (Å²) in [4.78, 5) is 25.1. The van der Waals surface area contributed by atoms with Gasteiger partial charge in [-0.15, -0.1) is 0 Å². The number of nitrogens with one attached hydrogen (secondary N) is 2. The molecule has 0 unspecified atom stereocenters. The summed E-state index contributed by atoms with van der Waals surface area (Å²) in [7, 11) is -0.990. The van der Waals surface area contributed by atoms with Crippen LogP contribution < -0.4 is 10.6 Å². The van der Waals surface area contributed by atoms with E-state index >= 15 is 0 Å². The number of anilines is 2. The van der Waals surface area contributed by atoms with Crippen LogP contribution in [0.15, 0.2) is 77.7 Å². The lowest BCUT2D eigenvalue weighted by atomic mass is 10.1. The van der Waals surface area contributed by atoms with Gasteiger partial charge in [0.05, 0.1) is 10.5 Å². The zero-order valence-electron chi connectivity index (χ0n) is 18.1. The Labute approximate surface area is 194 Å². The van der Waals surface area contributed by atoms with Crippen molar-refractivity contribution < 1.29 is 31.2 Å². The SMILES string of the molecule is CN(C)S(=O)(=O)c1cccc(C(=O)Nc2cccc(C(=O)Nc3cccc(C(F)(F)F)c3)c2)c1. The van der Waals surface area contributed by atoms with Gasteiger partial charge in [0, 0.05) is 36.6 Å². The van der Waals surface area contributed by atoms with E-state index in [1.807, 2.05) is 0 Å². The van der Waals surface area contributed by atoms with Gasteiger partial charge in [-0.3, -0.25) is 9.59 Å². The number of carbonyl (C=O) groups is 2. The highest BCUT2D eigenvalue weighted by molar-refractivity contribution is 7.89. The number of halogens is 3. The van der Waals surface area contributed by atoms with Gasteiger partial charge in [-0.2, -0.15) is 13.2 Å². The van der Waals surface area contributed by atoms with Gasteiger partial charge in [-0.1, -0.05) is 18.2 Å². The summed E-state index contributed by atoms with van der Waals surface area (Å²) >= 11 is 0. The number of sulfonamides is 1. The minimum atomic E-state index is -4.55. The van der Waals surface area contributed by atoms with Gasteiger partial charge in [-0.25, -0.2) is 12.7 Å². The van der Waals surface area contributed by atoms with Gasteiger partial charge in [0.15, 0.2) is 0 Å². The monoisotopic (exact) mass is 491 g/mol. The number of carbonyl (C=O) groups excluding carboxylic acids is 2. The Bertz CT molecular complexity index is 1340. The summed E-state index contributed by atoms with van der Waals surface area (Å²) < 4.78 is 64.3. The summed E-state index contributed by atoms with van der Waals surface area (Å²) in [6.07, 6.45) is -4.55. The van der Waals surface area contributed by atoms with Crippen molar-refractivity contribution in [1.29, 1.82) is 0 Å². The molecule has 0 aliphatic carbocycles. The van der Waals surface area contributed by atoms with Crippen LogP contribution in [-0.2, 0) is 16.2 Å². The molecule has 0 heterocycles. The molecular weight excluding hydrogens is 471 g/mol. The number of hydrogen-bond acceptors (Lipinski definition) is 4. The maximum absolute atomic E-state index is 12.9. The van der Waals surface area contributed by atoms with Crippen molar-refractivity contribution in [3.63, 3.8) is 0 Å². The molecule has 2 amide bonds. The lowest BCUT2D eigenvalue weighted by Gasteiger charge is -2.13. The van der Waals surface area contributed by atoms with Crippen molar-refractivity contribution in [2.24, 2.45) is 0 Å². The molecule has 34 heavy (non-hydrogen) atoms. The first-order valence-corrected chi connectivity index (χ1v) is 11.2. The Morgan fingerprint density at radius 1 is 0.765 bits per heavy atom. The minimum absolute atomic E-state index is 0.0341. The fraction of sp³-hybridized carbons (Fsp3) is 0.130. The Balaban J connectivity index is 1.76. The first-order chi connectivity index (χ1) is 15.9. The maximum atomic E-state index is 12.9. The highest BCUT2D eigenvalue weighted by Crippen LogP contribution is 2.30. The third-order valence-corrected chi connectivity index (χ3v) is 6.52. The second-order valence-electron chi connectivity index (χ2n) is 7.38. The Morgan fingerprint density at radius 2 is 1.26 bits per heavy atom. The topological polar surface area (TPSA) is 95.6 Å². The van der Waals surface area contributed by atoms with Crippen LogP contribution in [0.3, 0.4) is 0 Å². The predicted molar refractivity (Wildman–Crippen MR) is 121 cm³/mol. The molecule has 0 saturated heterocycles. The van der Waals surface area contributed by atoms with Crippen molar-refractivity contribution in [1.82, 2.24) is 4.31 Å². The van der Waals surface area contributed by atoms with Crippen LogP contribution in [0.4, 0.5) is 24.5 Å². The van der Waals surface area contributed by atoms with E-state index in [2.05, 4.69) is 10.6 Å². The van der Waals surface area contributed by atoms with Gasteiger partial charge in [0.25, 0.3) is 11.8 Å². The zero-order chi connectivity index (χ0) is 25.1. The molecule has 3 aromatic carbocycles. The Kier molecular flexibility index (Phi) is 7.08. The smallest absolute Gasteiger partial charge is 0.322 e. The second-order valence-corrected chi connectivity index (χ2v) is 9.53. The summed E-state index contributed by atoms with van der Waals surface area (Å²) in [6, 6.07) is 15.5. The minimum Gasteiger partial charge on any atom is -0.322 e. The number of rotatable bonds is 6. The third-order valence-electron chi connectivity index (χ3n) is 4.71. The molecule has 0 radical (unpaired) electrons. The Morgan fingerprint density at radius 3 is 1.82 bits per heavy atom. The van der Waals surface area contributed by atoms with Crippen LogP contribution in [0, 0.1) is 0 Å². The maximum Gasteiger partial charge on any atom is 0.416 e. The van der Waals surface area contributed by atoms with Crippen molar-refractivity contribution in [2.75, 3.05) is 24.7 Å². The van der Waals surface area contributed by atoms with Crippen molar-refractivity contribution in [3.8, 4) is 0 Å². The van der Waals surface area contributed by atoms with Gasteiger partial charge < -0.3 is 10.6 Å². The number of amides is 2. The predicted octanol–water partition coefficient (Wildman–Crippen LogP) is 4.46. The lowest BCUT2D eigenvalue weighted by molar-refractivity contribution is -0.137. The van der Waals surface area contributed by atoms with Crippen LogP contribution in [0.25, 0.3) is 0 Å². The van der Waals surface area contributed by atoms with Gasteiger partial charge in [0.2, 0.25) is 10.0 Å². The highest BCUT2D eigenvalue weighted by Gasteiger charge is 2.30. The van der Waals surface area contributed by atoms with Crippen LogP contribution in [0.1, 0.15) is 26.3 Å². The zero-order valence-corrected chi connectivity index (χ0v) is 18.9. The van der Waals surface area contributed by atoms with E-state index in [4.69, 9.17) is 0 Å². The third kappa shape index (κ3) is 5.80. The van der Waals surface area contributed by atoms with Crippen LogP contribution in [-0.4, -0.2) is 38.6 Å². The van der Waals surface area contributed by atoms with E-state index in [0.717, 1.165) is 16.4 Å². The number of alkyl halides is 3. The normalized spacial score (nSPS) is 11.8. The summed E-state index contributed by atoms with van der Waals surface area (Å²) in [6.45, 7) is 0. The highest BCUT2D eigenvalue weighted by atomic mass is 32.2. The molecule has 0 spiro atoms. The molecule has 2 N–H and O–H groups in total. The van der Waals surface area contributed by atoms with E-state index in [1.54, 1.807) is 0 Å². The van der Waals surface area contributed by atoms with Crippen LogP contribution >= 0.6 is 0 Å². The molecule has 0 aromatic heterocycles. The molecule has 0 bridgehead atoms. The van der Waals surface area contributed by atoms with E-state index in [0.29, 0.717) is 0 Å². The van der Waals surface area contributed by atoms with Crippen molar-refractivity contribution >= 4 is 33.2 Å². The molecule has 0 fully saturated rings. The number of nitrogens with zero attached hydrogens (tertiary/aromatic N) is 1. The standard InChI is InChI=1S/C23H20F3N3O4S/c1-29(2)34(32,33)20-11-4-7-16(13-20)22(31)27-18-9-3-6-15(12-18)21(30)28-19-10-5-8-17(14-19)23(24,25)26/h3-14H,1-2H3,(H,27,31)(H,28,30). The fourth-order valence-corrected chi connectivity index (χ4v) is 3.87. The molecule has 7 nitrogen and oxygen atoms in total. The lowest BCUT2D eigenvalue weighted by Crippen LogP contribution is -2.22. The largest absolute Gasteiger partial charge is 0.416 e. The van der Waals surface area contributed by atoms with E-state index in [9.17, 15) is 31.2 Å². The van der Waals surface area contributed by atoms with Gasteiger partial charge in [0.1, 0.15) is 0 Å². The summed E-state index contributed by atoms with van der Waals surface area (Å²) in [5.74, 6) is -1.28. The first-order valence-electron chi connectivity index (χ1n) is 9.80.